The number of hydrogen-bond donors (Lipinski definition) is 0. The van der Waals surface area contributed by atoms with Gasteiger partial charge in [-0.15, -0.1) is 0 Å². The van der Waals surface area contributed by atoms with Crippen LogP contribution in [0, 0.1) is 13.8 Å². The Balaban J connectivity index is 1.15. The number of aromatic nitrogens is 3. The second kappa shape index (κ2) is 12.9. The molecule has 268 valence electrons. The van der Waals surface area contributed by atoms with Crippen molar-refractivity contribution in [3.63, 3.8) is 0 Å². The van der Waals surface area contributed by atoms with Crippen LogP contribution in [0.5, 0.6) is 0 Å². The summed E-state index contributed by atoms with van der Waals surface area (Å²) < 4.78 is 0. The Labute approximate surface area is 333 Å². The van der Waals surface area contributed by atoms with Crippen molar-refractivity contribution in [3.8, 4) is 78.7 Å². The van der Waals surface area contributed by atoms with Gasteiger partial charge in [0.15, 0.2) is 17.5 Å². The molecule has 1 aromatic heterocycles. The van der Waals surface area contributed by atoms with Gasteiger partial charge in [-0.1, -0.05) is 175 Å². The van der Waals surface area contributed by atoms with Crippen molar-refractivity contribution < 1.29 is 0 Å². The monoisotopic (exact) mass is 727 g/mol. The molecule has 9 aromatic rings. The van der Waals surface area contributed by atoms with Gasteiger partial charge in [0.05, 0.1) is 5.41 Å². The van der Waals surface area contributed by atoms with Crippen molar-refractivity contribution in [1.29, 1.82) is 0 Å². The molecule has 2 aliphatic rings. The van der Waals surface area contributed by atoms with Gasteiger partial charge in [0.25, 0.3) is 0 Å². The molecule has 3 heteroatoms. The molecule has 57 heavy (non-hydrogen) atoms. The number of fused-ring (bicyclic) bond motifs is 10. The molecular formula is C54H37N3. The minimum absolute atomic E-state index is 0.422. The van der Waals surface area contributed by atoms with Gasteiger partial charge in [0.1, 0.15) is 0 Å². The predicted molar refractivity (Wildman–Crippen MR) is 233 cm³/mol. The number of benzene rings is 8. The predicted octanol–water partition coefficient (Wildman–Crippen LogP) is 13.2. The SMILES string of the molecule is Cc1ccc(-c2nc(-c3ccc(C)cc3)nc(-c3cc(-c4ccccc4)cc(-c4ccc5c(c4)C4(c6ccccc6-c6ccccc64)c4ccccc4-5)c3)n2)cc1. The maximum absolute atomic E-state index is 5.19. The minimum atomic E-state index is -0.422. The van der Waals surface area contributed by atoms with E-state index in [1.54, 1.807) is 0 Å². The molecule has 0 radical (unpaired) electrons. The van der Waals surface area contributed by atoms with E-state index in [0.717, 1.165) is 38.9 Å². The van der Waals surface area contributed by atoms with Crippen molar-refractivity contribution in [2.45, 2.75) is 19.3 Å². The lowest BCUT2D eigenvalue weighted by Gasteiger charge is -2.30. The fourth-order valence-corrected chi connectivity index (χ4v) is 9.16. The quantitative estimate of drug-likeness (QED) is 0.177. The minimum Gasteiger partial charge on any atom is -0.208 e. The normalized spacial score (nSPS) is 12.9. The van der Waals surface area contributed by atoms with Crippen LogP contribution in [0.4, 0.5) is 0 Å². The third-order valence-corrected chi connectivity index (χ3v) is 11.9. The van der Waals surface area contributed by atoms with Crippen LogP contribution >= 0.6 is 0 Å². The highest BCUT2D eigenvalue weighted by molar-refractivity contribution is 5.96. The lowest BCUT2D eigenvalue weighted by molar-refractivity contribution is 0.794. The van der Waals surface area contributed by atoms with E-state index in [0.29, 0.717) is 17.5 Å². The molecule has 3 nitrogen and oxygen atoms in total. The van der Waals surface area contributed by atoms with Gasteiger partial charge in [0, 0.05) is 16.7 Å². The van der Waals surface area contributed by atoms with Crippen LogP contribution in [0.3, 0.4) is 0 Å². The summed E-state index contributed by atoms with van der Waals surface area (Å²) in [7, 11) is 0. The zero-order valence-electron chi connectivity index (χ0n) is 31.7. The standard InChI is InChI=1S/C54H37N3/c1-34-20-24-37(25-21-34)51-55-52(38-26-22-35(2)23-27-38)57-53(56-51)42-31-40(36-12-4-3-5-13-36)30-41(32-42)39-28-29-46-45-16-8-11-19-49(45)54(50(46)33-39)47-17-9-6-14-43(47)44-15-7-10-18-48(44)54/h3-33H,1-2H3. The fraction of sp³-hybridized carbons (Fsp3) is 0.0556. The summed E-state index contributed by atoms with van der Waals surface area (Å²) in [5.41, 5.74) is 19.8. The smallest absolute Gasteiger partial charge is 0.164 e. The molecule has 8 aromatic carbocycles. The average molecular weight is 728 g/mol. The van der Waals surface area contributed by atoms with Gasteiger partial charge < -0.3 is 0 Å². The summed E-state index contributed by atoms with van der Waals surface area (Å²) in [5.74, 6) is 1.94. The van der Waals surface area contributed by atoms with E-state index < -0.39 is 5.41 Å². The van der Waals surface area contributed by atoms with Crippen LogP contribution < -0.4 is 0 Å². The van der Waals surface area contributed by atoms with Gasteiger partial charge in [0.2, 0.25) is 0 Å². The van der Waals surface area contributed by atoms with Crippen LogP contribution in [-0.4, -0.2) is 15.0 Å². The largest absolute Gasteiger partial charge is 0.208 e. The molecule has 2 aliphatic carbocycles. The molecule has 0 atom stereocenters. The molecule has 0 saturated carbocycles. The highest BCUT2D eigenvalue weighted by Crippen LogP contribution is 2.63. The topological polar surface area (TPSA) is 38.7 Å². The summed E-state index contributed by atoms with van der Waals surface area (Å²) in [5, 5.41) is 0. The Morgan fingerprint density at radius 1 is 0.281 bits per heavy atom. The molecule has 0 aliphatic heterocycles. The van der Waals surface area contributed by atoms with Crippen molar-refractivity contribution in [2.24, 2.45) is 0 Å². The number of rotatable bonds is 5. The Hall–Kier alpha value is -7.23. The first-order valence-corrected chi connectivity index (χ1v) is 19.6. The molecule has 1 spiro atoms. The van der Waals surface area contributed by atoms with E-state index in [2.05, 4.69) is 202 Å². The van der Waals surface area contributed by atoms with E-state index in [1.807, 2.05) is 0 Å². The lowest BCUT2D eigenvalue weighted by Crippen LogP contribution is -2.25. The summed E-state index contributed by atoms with van der Waals surface area (Å²) in [6.07, 6.45) is 0. The lowest BCUT2D eigenvalue weighted by atomic mass is 9.70. The van der Waals surface area contributed by atoms with Gasteiger partial charge >= 0.3 is 0 Å². The Morgan fingerprint density at radius 3 is 1.18 bits per heavy atom. The van der Waals surface area contributed by atoms with E-state index >= 15 is 0 Å². The first kappa shape index (κ1) is 33.1. The third kappa shape index (κ3) is 5.23. The summed E-state index contributed by atoms with van der Waals surface area (Å²) >= 11 is 0. The molecule has 0 amide bonds. The Kier molecular flexibility index (Phi) is 7.52. The summed E-state index contributed by atoms with van der Waals surface area (Å²) in [4.78, 5) is 15.4. The zero-order chi connectivity index (χ0) is 38.1. The van der Waals surface area contributed by atoms with E-state index in [1.165, 1.54) is 55.6 Å². The van der Waals surface area contributed by atoms with Crippen molar-refractivity contribution in [3.05, 3.63) is 221 Å². The van der Waals surface area contributed by atoms with Crippen molar-refractivity contribution in [1.82, 2.24) is 15.0 Å². The van der Waals surface area contributed by atoms with Crippen LogP contribution in [0.1, 0.15) is 33.4 Å². The van der Waals surface area contributed by atoms with Gasteiger partial charge in [-0.2, -0.15) is 0 Å². The molecule has 0 N–H and O–H groups in total. The first-order chi connectivity index (χ1) is 28.0. The molecule has 0 saturated heterocycles. The number of hydrogen-bond acceptors (Lipinski definition) is 3. The second-order valence-corrected chi connectivity index (χ2v) is 15.4. The highest BCUT2D eigenvalue weighted by Gasteiger charge is 2.51. The second-order valence-electron chi connectivity index (χ2n) is 15.4. The summed E-state index contributed by atoms with van der Waals surface area (Å²) in [6.45, 7) is 4.20. The maximum Gasteiger partial charge on any atom is 0.164 e. The molecule has 0 unspecified atom stereocenters. The first-order valence-electron chi connectivity index (χ1n) is 19.6. The molecule has 0 bridgehead atoms. The Bertz CT molecular complexity index is 2890. The van der Waals surface area contributed by atoms with Crippen LogP contribution in [-0.2, 0) is 5.41 Å². The van der Waals surface area contributed by atoms with E-state index in [4.69, 9.17) is 15.0 Å². The van der Waals surface area contributed by atoms with Crippen LogP contribution in [0.15, 0.2) is 188 Å². The molecular weight excluding hydrogens is 691 g/mol. The molecule has 1 heterocycles. The van der Waals surface area contributed by atoms with E-state index in [-0.39, 0.29) is 0 Å². The van der Waals surface area contributed by atoms with E-state index in [9.17, 15) is 0 Å². The number of aryl methyl sites for hydroxylation is 2. The zero-order valence-corrected chi connectivity index (χ0v) is 31.7. The van der Waals surface area contributed by atoms with Crippen molar-refractivity contribution >= 4 is 0 Å². The van der Waals surface area contributed by atoms with Gasteiger partial charge in [-0.3, -0.25) is 0 Å². The maximum atomic E-state index is 5.19. The fourth-order valence-electron chi connectivity index (χ4n) is 9.16. The number of nitrogens with zero attached hydrogens (tertiary/aromatic N) is 3. The highest BCUT2D eigenvalue weighted by atomic mass is 15.0. The van der Waals surface area contributed by atoms with Crippen LogP contribution in [0.25, 0.3) is 78.7 Å². The van der Waals surface area contributed by atoms with Gasteiger partial charge in [-0.25, -0.2) is 15.0 Å². The van der Waals surface area contributed by atoms with Crippen LogP contribution in [0.2, 0.25) is 0 Å². The van der Waals surface area contributed by atoms with Crippen molar-refractivity contribution in [2.75, 3.05) is 0 Å². The average Bonchev–Trinajstić information content (AvgIpc) is 3.74. The summed E-state index contributed by atoms with van der Waals surface area (Å²) in [6, 6.07) is 68.2. The molecule has 11 rings (SSSR count). The Morgan fingerprint density at radius 2 is 0.667 bits per heavy atom. The third-order valence-electron chi connectivity index (χ3n) is 11.9. The van der Waals surface area contributed by atoms with Gasteiger partial charge in [-0.05, 0) is 105 Å². The molecule has 0 fully saturated rings.